The zero-order chi connectivity index (χ0) is 21.6. The Hall–Kier alpha value is -0.746. The van der Waals surface area contributed by atoms with Crippen LogP contribution in [-0.4, -0.2) is 57.0 Å². The Morgan fingerprint density at radius 2 is 1.17 bits per heavy atom. The Bertz CT molecular complexity index is 517. The Morgan fingerprint density at radius 3 is 1.62 bits per heavy atom. The average molecular weight is 445 g/mol. The molecular weight excluding hydrogens is 404 g/mol. The molecule has 0 aliphatic carbocycles. The van der Waals surface area contributed by atoms with Gasteiger partial charge in [0.15, 0.2) is 0 Å². The fraction of sp³-hybridized carbons (Fsp3) is 0.714. The van der Waals surface area contributed by atoms with Gasteiger partial charge in [0, 0.05) is 45.1 Å². The lowest BCUT2D eigenvalue weighted by Gasteiger charge is -2.28. The molecule has 8 heteroatoms. The van der Waals surface area contributed by atoms with Crippen molar-refractivity contribution in [2.75, 3.05) is 39.6 Å². The summed E-state index contributed by atoms with van der Waals surface area (Å²) < 4.78 is 35.4. The Kier molecular flexibility index (Phi) is 13.0. The molecule has 0 bridgehead atoms. The summed E-state index contributed by atoms with van der Waals surface area (Å²) in [4.78, 5) is 0. The molecule has 0 radical (unpaired) electrons. The lowest BCUT2D eigenvalue weighted by atomic mass is 10.2. The summed E-state index contributed by atoms with van der Waals surface area (Å²) in [7, 11) is -4.75. The van der Waals surface area contributed by atoms with Crippen LogP contribution in [0.15, 0.2) is 24.3 Å². The monoisotopic (exact) mass is 444 g/mol. The fourth-order valence-electron chi connectivity index (χ4n) is 3.31. The highest BCUT2D eigenvalue weighted by molar-refractivity contribution is 6.65. The van der Waals surface area contributed by atoms with Crippen molar-refractivity contribution in [1.82, 2.24) is 0 Å². The molecule has 0 atom stereocenters. The molecule has 1 aromatic rings. The van der Waals surface area contributed by atoms with E-state index in [2.05, 4.69) is 18.7 Å². The zero-order valence-corrected chi connectivity index (χ0v) is 21.1. The second kappa shape index (κ2) is 14.3. The lowest BCUT2D eigenvalue weighted by molar-refractivity contribution is 0.0696. The first kappa shape index (κ1) is 26.3. The van der Waals surface area contributed by atoms with Crippen LogP contribution < -0.4 is 4.74 Å². The Balaban J connectivity index is 2.54. The summed E-state index contributed by atoms with van der Waals surface area (Å²) in [6, 6.07) is 9.81. The minimum Gasteiger partial charge on any atom is -0.494 e. The number of hydrogen-bond donors (Lipinski definition) is 0. The van der Waals surface area contributed by atoms with E-state index in [0.29, 0.717) is 39.6 Å². The van der Waals surface area contributed by atoms with Gasteiger partial charge in [-0.2, -0.15) is 0 Å². The Labute approximate surface area is 179 Å². The van der Waals surface area contributed by atoms with Crippen molar-refractivity contribution in [3.05, 3.63) is 29.8 Å². The average Bonchev–Trinajstić information content (AvgIpc) is 2.67. The molecule has 0 aliphatic rings. The molecule has 0 fully saturated rings. The summed E-state index contributed by atoms with van der Waals surface area (Å²) in [5, 5.41) is 0. The van der Waals surface area contributed by atoms with Gasteiger partial charge in [-0.3, -0.25) is 0 Å². The highest BCUT2D eigenvalue weighted by Gasteiger charge is 2.39. The van der Waals surface area contributed by atoms with Crippen LogP contribution in [0, 0.1) is 0 Å². The molecule has 0 spiro atoms. The largest absolute Gasteiger partial charge is 0.501 e. The molecule has 0 amide bonds. The van der Waals surface area contributed by atoms with Gasteiger partial charge < -0.3 is 26.9 Å². The standard InChI is InChI=1S/C21H40O6Si2/c1-7-23-28(6,24-8-2)19-20-13-15-21(16-14-20)22-17-12-18-29(25-9-3,26-10-4)27-11-5/h13-16H,7-12,17-19H2,1-6H3. The zero-order valence-electron chi connectivity index (χ0n) is 19.1. The third-order valence-corrected chi connectivity index (χ3v) is 10.3. The molecular formula is C21H40O6Si2. The van der Waals surface area contributed by atoms with Gasteiger partial charge in [-0.1, -0.05) is 12.1 Å². The molecule has 0 aromatic heterocycles. The van der Waals surface area contributed by atoms with Crippen molar-refractivity contribution in [3.8, 4) is 5.75 Å². The van der Waals surface area contributed by atoms with Crippen LogP contribution in [0.4, 0.5) is 0 Å². The molecule has 29 heavy (non-hydrogen) atoms. The number of ether oxygens (including phenoxy) is 1. The molecule has 0 heterocycles. The minimum atomic E-state index is -2.59. The second-order valence-corrected chi connectivity index (χ2v) is 12.7. The van der Waals surface area contributed by atoms with Crippen molar-refractivity contribution in [3.63, 3.8) is 0 Å². The van der Waals surface area contributed by atoms with Crippen LogP contribution in [0.25, 0.3) is 0 Å². The van der Waals surface area contributed by atoms with Crippen molar-refractivity contribution < 1.29 is 26.9 Å². The lowest BCUT2D eigenvalue weighted by Crippen LogP contribution is -2.46. The molecule has 0 aliphatic heterocycles. The summed E-state index contributed by atoms with van der Waals surface area (Å²) in [5.41, 5.74) is 1.21. The van der Waals surface area contributed by atoms with E-state index >= 15 is 0 Å². The quantitative estimate of drug-likeness (QED) is 0.256. The van der Waals surface area contributed by atoms with E-state index < -0.39 is 17.4 Å². The fourth-order valence-corrected chi connectivity index (χ4v) is 8.37. The highest BCUT2D eigenvalue weighted by atomic mass is 28.4. The maximum absolute atomic E-state index is 5.93. The minimum absolute atomic E-state index is 0.597. The molecule has 1 rings (SSSR count). The van der Waals surface area contributed by atoms with Gasteiger partial charge in [0.1, 0.15) is 5.75 Å². The third kappa shape index (κ3) is 9.74. The Morgan fingerprint density at radius 1 is 0.690 bits per heavy atom. The van der Waals surface area contributed by atoms with Gasteiger partial charge in [-0.25, -0.2) is 0 Å². The normalized spacial score (nSPS) is 12.3. The van der Waals surface area contributed by atoms with Crippen LogP contribution in [0.5, 0.6) is 5.75 Å². The predicted octanol–water partition coefficient (Wildman–Crippen LogP) is 4.73. The molecule has 0 N–H and O–H groups in total. The summed E-state index contributed by atoms with van der Waals surface area (Å²) in [6.07, 6.45) is 0.827. The predicted molar refractivity (Wildman–Crippen MR) is 121 cm³/mol. The molecule has 1 aromatic carbocycles. The first-order valence-corrected chi connectivity index (χ1v) is 15.3. The molecule has 0 saturated heterocycles. The smallest absolute Gasteiger partial charge is 0.494 e. The van der Waals surface area contributed by atoms with Crippen molar-refractivity contribution in [2.45, 2.75) is 59.7 Å². The van der Waals surface area contributed by atoms with E-state index in [1.165, 1.54) is 5.56 Å². The first-order chi connectivity index (χ1) is 14.0. The van der Waals surface area contributed by atoms with Crippen LogP contribution in [-0.2, 0) is 28.2 Å². The maximum Gasteiger partial charge on any atom is 0.501 e. The topological polar surface area (TPSA) is 55.4 Å². The number of benzene rings is 1. The number of hydrogen-bond acceptors (Lipinski definition) is 6. The van der Waals surface area contributed by atoms with Gasteiger partial charge >= 0.3 is 17.4 Å². The highest BCUT2D eigenvalue weighted by Crippen LogP contribution is 2.21. The second-order valence-electron chi connectivity index (χ2n) is 6.75. The van der Waals surface area contributed by atoms with Gasteiger partial charge in [-0.15, -0.1) is 0 Å². The van der Waals surface area contributed by atoms with Crippen LogP contribution >= 0.6 is 0 Å². The SMILES string of the molecule is CCO[Si](C)(Cc1ccc(OCCC[Si](OCC)(OCC)OCC)cc1)OCC. The molecule has 168 valence electrons. The van der Waals surface area contributed by atoms with Gasteiger partial charge in [0.25, 0.3) is 0 Å². The van der Waals surface area contributed by atoms with E-state index in [9.17, 15) is 0 Å². The van der Waals surface area contributed by atoms with Crippen LogP contribution in [0.1, 0.15) is 46.6 Å². The van der Waals surface area contributed by atoms with Gasteiger partial charge in [0.2, 0.25) is 0 Å². The maximum atomic E-state index is 5.93. The van der Waals surface area contributed by atoms with E-state index in [-0.39, 0.29) is 0 Å². The van der Waals surface area contributed by atoms with Crippen LogP contribution in [0.2, 0.25) is 12.6 Å². The molecule has 0 unspecified atom stereocenters. The van der Waals surface area contributed by atoms with E-state index in [1.807, 2.05) is 46.8 Å². The third-order valence-electron chi connectivity index (χ3n) is 4.34. The van der Waals surface area contributed by atoms with Gasteiger partial charge in [0.05, 0.1) is 6.61 Å². The molecule has 6 nitrogen and oxygen atoms in total. The van der Waals surface area contributed by atoms with Crippen molar-refractivity contribution in [2.24, 2.45) is 0 Å². The van der Waals surface area contributed by atoms with E-state index in [1.54, 1.807) is 0 Å². The first-order valence-electron chi connectivity index (χ1n) is 10.9. The van der Waals surface area contributed by atoms with Gasteiger partial charge in [-0.05, 0) is 65.3 Å². The van der Waals surface area contributed by atoms with Crippen molar-refractivity contribution >= 4 is 17.4 Å². The summed E-state index contributed by atoms with van der Waals surface area (Å²) in [5.74, 6) is 0.862. The van der Waals surface area contributed by atoms with E-state index in [4.69, 9.17) is 26.9 Å². The van der Waals surface area contributed by atoms with E-state index in [0.717, 1.165) is 24.3 Å². The van der Waals surface area contributed by atoms with Crippen LogP contribution in [0.3, 0.4) is 0 Å². The van der Waals surface area contributed by atoms with Crippen molar-refractivity contribution in [1.29, 1.82) is 0 Å². The number of rotatable bonds is 17. The molecule has 0 saturated carbocycles. The summed E-state index contributed by atoms with van der Waals surface area (Å²) in [6.45, 7) is 15.8. The summed E-state index contributed by atoms with van der Waals surface area (Å²) >= 11 is 0.